The summed E-state index contributed by atoms with van der Waals surface area (Å²) in [7, 11) is 3.01. The van der Waals surface area contributed by atoms with Crippen LogP contribution < -0.4 is 14.8 Å². The number of carbonyl (C=O) groups is 1. The minimum Gasteiger partial charge on any atom is -0.496 e. The molecule has 2 rings (SSSR count). The standard InChI is InChI=1S/C19H26N2O4/c1-18(2,3)19(4,5)14-11-15(25-21-14)20-17(22)16-12(23-6)9-8-10-13(16)24-7/h8-11H,1-7H3,(H,20,22). The van der Waals surface area contributed by atoms with Crippen LogP contribution in [0.3, 0.4) is 0 Å². The Morgan fingerprint density at radius 2 is 1.64 bits per heavy atom. The lowest BCUT2D eigenvalue weighted by Crippen LogP contribution is -2.34. The van der Waals surface area contributed by atoms with E-state index in [2.05, 4.69) is 45.1 Å². The molecule has 0 aliphatic rings. The lowest BCUT2D eigenvalue weighted by Gasteiger charge is -2.36. The number of benzene rings is 1. The summed E-state index contributed by atoms with van der Waals surface area (Å²) in [5.41, 5.74) is 0.848. The van der Waals surface area contributed by atoms with Crippen molar-refractivity contribution >= 4 is 11.8 Å². The highest BCUT2D eigenvalue weighted by Crippen LogP contribution is 2.41. The van der Waals surface area contributed by atoms with Gasteiger partial charge in [-0.25, -0.2) is 0 Å². The molecule has 0 bridgehead atoms. The van der Waals surface area contributed by atoms with Gasteiger partial charge >= 0.3 is 0 Å². The minimum atomic E-state index is -0.384. The van der Waals surface area contributed by atoms with Crippen LogP contribution in [-0.2, 0) is 5.41 Å². The van der Waals surface area contributed by atoms with E-state index in [4.69, 9.17) is 14.0 Å². The molecule has 0 unspecified atom stereocenters. The zero-order chi connectivity index (χ0) is 18.8. The maximum absolute atomic E-state index is 12.7. The summed E-state index contributed by atoms with van der Waals surface area (Å²) >= 11 is 0. The number of methoxy groups -OCH3 is 2. The van der Waals surface area contributed by atoms with Gasteiger partial charge in [0, 0.05) is 11.5 Å². The van der Waals surface area contributed by atoms with E-state index in [0.717, 1.165) is 5.69 Å². The van der Waals surface area contributed by atoms with Crippen LogP contribution in [0.1, 0.15) is 50.7 Å². The molecule has 0 radical (unpaired) electrons. The first-order chi connectivity index (χ1) is 11.6. The van der Waals surface area contributed by atoms with Gasteiger partial charge in [0.15, 0.2) is 0 Å². The Morgan fingerprint density at radius 1 is 1.08 bits per heavy atom. The first-order valence-corrected chi connectivity index (χ1v) is 8.11. The third kappa shape index (κ3) is 3.62. The van der Waals surface area contributed by atoms with Crippen LogP contribution >= 0.6 is 0 Å². The molecule has 0 atom stereocenters. The molecule has 6 nitrogen and oxygen atoms in total. The van der Waals surface area contributed by atoms with Crippen LogP contribution in [0.25, 0.3) is 0 Å². The molecule has 1 N–H and O–H groups in total. The summed E-state index contributed by atoms with van der Waals surface area (Å²) in [6.07, 6.45) is 0. The largest absolute Gasteiger partial charge is 0.496 e. The second kappa shape index (κ2) is 6.78. The lowest BCUT2D eigenvalue weighted by atomic mass is 9.67. The summed E-state index contributed by atoms with van der Waals surface area (Å²) in [4.78, 5) is 12.7. The Morgan fingerprint density at radius 3 is 2.12 bits per heavy atom. The molecule has 1 heterocycles. The molecule has 25 heavy (non-hydrogen) atoms. The van der Waals surface area contributed by atoms with Crippen molar-refractivity contribution in [2.45, 2.75) is 40.0 Å². The van der Waals surface area contributed by atoms with E-state index in [1.807, 2.05) is 0 Å². The second-order valence-electron chi connectivity index (χ2n) is 7.44. The number of ether oxygens (including phenoxy) is 2. The molecule has 0 saturated heterocycles. The van der Waals surface area contributed by atoms with Gasteiger partial charge in [0.25, 0.3) is 5.91 Å². The molecular weight excluding hydrogens is 320 g/mol. The molecule has 1 aromatic carbocycles. The van der Waals surface area contributed by atoms with Gasteiger partial charge in [0.1, 0.15) is 17.1 Å². The van der Waals surface area contributed by atoms with Crippen LogP contribution in [0.15, 0.2) is 28.8 Å². The van der Waals surface area contributed by atoms with Crippen molar-refractivity contribution in [3.63, 3.8) is 0 Å². The summed E-state index contributed by atoms with van der Waals surface area (Å²) in [5.74, 6) is 0.745. The molecule has 1 amide bonds. The average Bonchev–Trinajstić information content (AvgIpc) is 3.01. The predicted molar refractivity (Wildman–Crippen MR) is 96.5 cm³/mol. The third-order valence-corrected chi connectivity index (χ3v) is 4.92. The number of anilines is 1. The van der Waals surface area contributed by atoms with Gasteiger partial charge < -0.3 is 14.0 Å². The minimum absolute atomic E-state index is 0.0168. The molecule has 0 aliphatic heterocycles. The first-order valence-electron chi connectivity index (χ1n) is 8.11. The molecule has 0 saturated carbocycles. The summed E-state index contributed by atoms with van der Waals surface area (Å²) < 4.78 is 15.8. The fourth-order valence-electron chi connectivity index (χ4n) is 2.26. The Kier molecular flexibility index (Phi) is 5.11. The zero-order valence-electron chi connectivity index (χ0n) is 15.9. The van der Waals surface area contributed by atoms with Gasteiger partial charge in [-0.3, -0.25) is 10.1 Å². The second-order valence-corrected chi connectivity index (χ2v) is 7.44. The normalized spacial score (nSPS) is 12.0. The first kappa shape index (κ1) is 18.8. The number of nitrogens with one attached hydrogen (secondary N) is 1. The summed E-state index contributed by atoms with van der Waals surface area (Å²) in [6.45, 7) is 10.6. The highest BCUT2D eigenvalue weighted by Gasteiger charge is 2.37. The molecule has 2 aromatic rings. The monoisotopic (exact) mass is 346 g/mol. The average molecular weight is 346 g/mol. The van der Waals surface area contributed by atoms with Crippen LogP contribution in [0.2, 0.25) is 0 Å². The topological polar surface area (TPSA) is 73.6 Å². The number of nitrogens with zero attached hydrogens (tertiary/aromatic N) is 1. The van der Waals surface area contributed by atoms with Gasteiger partial charge in [-0.2, -0.15) is 0 Å². The number of aromatic nitrogens is 1. The maximum atomic E-state index is 12.7. The van der Waals surface area contributed by atoms with Crippen LogP contribution in [0.4, 0.5) is 5.88 Å². The van der Waals surface area contributed by atoms with Crippen molar-refractivity contribution in [2.75, 3.05) is 19.5 Å². The molecule has 0 fully saturated rings. The number of hydrogen-bond donors (Lipinski definition) is 1. The van der Waals surface area contributed by atoms with Crippen molar-refractivity contribution in [1.29, 1.82) is 0 Å². The van der Waals surface area contributed by atoms with Crippen LogP contribution in [0.5, 0.6) is 11.5 Å². The van der Waals surface area contributed by atoms with Gasteiger partial charge in [-0.05, 0) is 17.5 Å². The van der Waals surface area contributed by atoms with Crippen molar-refractivity contribution in [3.8, 4) is 11.5 Å². The molecule has 0 aliphatic carbocycles. The highest BCUT2D eigenvalue weighted by molar-refractivity contribution is 6.07. The van der Waals surface area contributed by atoms with Crippen molar-refractivity contribution in [2.24, 2.45) is 5.41 Å². The van der Waals surface area contributed by atoms with Crippen LogP contribution in [0, 0.1) is 5.41 Å². The van der Waals surface area contributed by atoms with E-state index in [1.54, 1.807) is 24.3 Å². The van der Waals surface area contributed by atoms with E-state index in [9.17, 15) is 4.79 Å². The Balaban J connectivity index is 2.29. The number of carbonyl (C=O) groups excluding carboxylic acids is 1. The van der Waals surface area contributed by atoms with E-state index in [0.29, 0.717) is 17.1 Å². The zero-order valence-corrected chi connectivity index (χ0v) is 15.9. The van der Waals surface area contributed by atoms with E-state index < -0.39 is 0 Å². The van der Waals surface area contributed by atoms with E-state index >= 15 is 0 Å². The number of amides is 1. The Hall–Kier alpha value is -2.50. The van der Waals surface area contributed by atoms with Gasteiger partial charge in [0.2, 0.25) is 5.88 Å². The van der Waals surface area contributed by atoms with Crippen molar-refractivity contribution < 1.29 is 18.8 Å². The smallest absolute Gasteiger partial charge is 0.265 e. The third-order valence-electron chi connectivity index (χ3n) is 4.92. The van der Waals surface area contributed by atoms with E-state index in [1.165, 1.54) is 14.2 Å². The number of hydrogen-bond acceptors (Lipinski definition) is 5. The van der Waals surface area contributed by atoms with Crippen LogP contribution in [-0.4, -0.2) is 25.3 Å². The van der Waals surface area contributed by atoms with Crippen molar-refractivity contribution in [1.82, 2.24) is 5.16 Å². The molecule has 136 valence electrons. The summed E-state index contributed by atoms with van der Waals surface area (Å²) in [5, 5.41) is 6.86. The van der Waals surface area contributed by atoms with Gasteiger partial charge in [-0.1, -0.05) is 45.8 Å². The van der Waals surface area contributed by atoms with Gasteiger partial charge in [0.05, 0.1) is 19.9 Å². The molecule has 6 heteroatoms. The fraction of sp³-hybridized carbons (Fsp3) is 0.474. The molecular formula is C19H26N2O4. The Labute approximate surface area is 148 Å². The van der Waals surface area contributed by atoms with Crippen molar-refractivity contribution in [3.05, 3.63) is 35.5 Å². The summed E-state index contributed by atoms with van der Waals surface area (Å²) in [6, 6.07) is 6.91. The number of rotatable bonds is 5. The van der Waals surface area contributed by atoms with E-state index in [-0.39, 0.29) is 22.6 Å². The van der Waals surface area contributed by atoms with Gasteiger partial charge in [-0.15, -0.1) is 0 Å². The molecule has 1 aromatic heterocycles. The lowest BCUT2D eigenvalue weighted by molar-refractivity contribution is 0.101. The predicted octanol–water partition coefficient (Wildman–Crippen LogP) is 4.27. The maximum Gasteiger partial charge on any atom is 0.265 e. The fourth-order valence-corrected chi connectivity index (χ4v) is 2.26. The SMILES string of the molecule is COc1cccc(OC)c1C(=O)Nc1cc(C(C)(C)C(C)(C)C)no1. The Bertz CT molecular complexity index is 735. The molecule has 0 spiro atoms. The quantitative estimate of drug-likeness (QED) is 0.875. The highest BCUT2D eigenvalue weighted by atomic mass is 16.5.